The number of hydrogen-bond donors (Lipinski definition) is 0. The second kappa shape index (κ2) is 10.7. The summed E-state index contributed by atoms with van der Waals surface area (Å²) in [6.07, 6.45) is 3.97. The molecule has 2 rings (SSSR count). The van der Waals surface area contributed by atoms with Gasteiger partial charge in [-0.2, -0.15) is 0 Å². The van der Waals surface area contributed by atoms with Crippen molar-refractivity contribution in [3.8, 4) is 0 Å². The average molecular weight is 409 g/mol. The summed E-state index contributed by atoms with van der Waals surface area (Å²) in [5.74, 6) is -0.714. The zero-order valence-corrected chi connectivity index (χ0v) is 18.1. The number of amides is 2. The Kier molecular flexibility index (Phi) is 8.60. The van der Waals surface area contributed by atoms with Crippen LogP contribution in [-0.4, -0.2) is 47.8 Å². The minimum Gasteiger partial charge on any atom is -0.342 e. The number of rotatable bonds is 8. The van der Waals surface area contributed by atoms with Gasteiger partial charge in [0.2, 0.25) is 11.8 Å². The number of carbonyl (C=O) groups excluding carboxylic acids is 2. The SMILES string of the molecule is CCC(=O)N(C)[C@H](Cc1ccc(F)cc1F)C1CCN(C(=O)C(CC)CC)CC1. The lowest BCUT2D eigenvalue weighted by molar-refractivity contribution is -0.139. The van der Waals surface area contributed by atoms with E-state index in [2.05, 4.69) is 0 Å². The predicted molar refractivity (Wildman–Crippen MR) is 110 cm³/mol. The number of likely N-dealkylation sites (tertiary alicyclic amines) is 1. The van der Waals surface area contributed by atoms with Crippen LogP contribution in [0.5, 0.6) is 0 Å². The van der Waals surface area contributed by atoms with Crippen LogP contribution in [0.2, 0.25) is 0 Å². The van der Waals surface area contributed by atoms with Crippen molar-refractivity contribution in [1.82, 2.24) is 9.80 Å². The van der Waals surface area contributed by atoms with Crippen molar-refractivity contribution in [2.24, 2.45) is 11.8 Å². The van der Waals surface area contributed by atoms with E-state index in [1.54, 1.807) is 11.9 Å². The Morgan fingerprint density at radius 2 is 1.76 bits per heavy atom. The molecule has 0 bridgehead atoms. The monoisotopic (exact) mass is 408 g/mol. The molecule has 0 radical (unpaired) electrons. The van der Waals surface area contributed by atoms with Crippen LogP contribution in [0.25, 0.3) is 0 Å². The second-order valence-corrected chi connectivity index (χ2v) is 8.04. The van der Waals surface area contributed by atoms with Crippen molar-refractivity contribution in [3.63, 3.8) is 0 Å². The molecule has 1 aliphatic rings. The van der Waals surface area contributed by atoms with Crippen molar-refractivity contribution >= 4 is 11.8 Å². The molecule has 0 aliphatic carbocycles. The molecule has 1 atom stereocenters. The predicted octanol–water partition coefficient (Wildman–Crippen LogP) is 4.42. The molecule has 162 valence electrons. The van der Waals surface area contributed by atoms with Crippen molar-refractivity contribution in [1.29, 1.82) is 0 Å². The Labute approximate surface area is 173 Å². The number of nitrogens with zero attached hydrogens (tertiary/aromatic N) is 2. The minimum atomic E-state index is -0.603. The van der Waals surface area contributed by atoms with Gasteiger partial charge in [0, 0.05) is 44.6 Å². The highest BCUT2D eigenvalue weighted by molar-refractivity contribution is 5.79. The molecule has 0 aromatic heterocycles. The fourth-order valence-corrected chi connectivity index (χ4v) is 4.37. The molecule has 1 fully saturated rings. The Balaban J connectivity index is 2.14. The summed E-state index contributed by atoms with van der Waals surface area (Å²) in [6, 6.07) is 3.44. The molecule has 0 unspecified atom stereocenters. The lowest BCUT2D eigenvalue weighted by Crippen LogP contribution is -2.49. The van der Waals surface area contributed by atoms with Gasteiger partial charge in [-0.25, -0.2) is 8.78 Å². The van der Waals surface area contributed by atoms with Gasteiger partial charge in [-0.3, -0.25) is 9.59 Å². The van der Waals surface area contributed by atoms with Crippen LogP contribution < -0.4 is 0 Å². The molecule has 2 amide bonds. The van der Waals surface area contributed by atoms with E-state index in [1.165, 1.54) is 12.1 Å². The molecule has 29 heavy (non-hydrogen) atoms. The van der Waals surface area contributed by atoms with Gasteiger partial charge in [0.25, 0.3) is 0 Å². The third kappa shape index (κ3) is 5.77. The summed E-state index contributed by atoms with van der Waals surface area (Å²) in [6.45, 7) is 7.22. The lowest BCUT2D eigenvalue weighted by Gasteiger charge is -2.41. The van der Waals surface area contributed by atoms with Crippen molar-refractivity contribution in [3.05, 3.63) is 35.4 Å². The first-order chi connectivity index (χ1) is 13.8. The molecule has 0 N–H and O–H groups in total. The summed E-state index contributed by atoms with van der Waals surface area (Å²) in [7, 11) is 1.76. The van der Waals surface area contributed by atoms with Crippen LogP contribution in [0.1, 0.15) is 58.4 Å². The quantitative estimate of drug-likeness (QED) is 0.639. The molecule has 4 nitrogen and oxygen atoms in total. The van der Waals surface area contributed by atoms with E-state index in [4.69, 9.17) is 0 Å². The largest absolute Gasteiger partial charge is 0.342 e. The lowest BCUT2D eigenvalue weighted by atomic mass is 9.84. The third-order valence-electron chi connectivity index (χ3n) is 6.37. The van der Waals surface area contributed by atoms with Gasteiger partial charge in [-0.05, 0) is 49.7 Å². The standard InChI is InChI=1S/C23H34F2N2O2/c1-5-16(6-2)23(29)27-12-10-17(11-13-27)21(26(4)22(28)7-3)14-18-8-9-19(24)15-20(18)25/h8-9,15-17,21H,5-7,10-14H2,1-4H3/t21-/m1/s1. The number of carbonyl (C=O) groups is 2. The number of halogens is 2. The smallest absolute Gasteiger partial charge is 0.225 e. The first-order valence-corrected chi connectivity index (χ1v) is 10.8. The normalized spacial score (nSPS) is 16.2. The molecule has 1 heterocycles. The fourth-order valence-electron chi connectivity index (χ4n) is 4.37. The van der Waals surface area contributed by atoms with Crippen LogP contribution in [-0.2, 0) is 16.0 Å². The van der Waals surface area contributed by atoms with Crippen molar-refractivity contribution < 1.29 is 18.4 Å². The maximum atomic E-state index is 14.3. The fraction of sp³-hybridized carbons (Fsp3) is 0.652. The summed E-state index contributed by atoms with van der Waals surface area (Å²) in [4.78, 5) is 28.7. The second-order valence-electron chi connectivity index (χ2n) is 8.04. The van der Waals surface area contributed by atoms with Gasteiger partial charge in [0.05, 0.1) is 0 Å². The number of hydrogen-bond acceptors (Lipinski definition) is 2. The molecule has 0 saturated carbocycles. The van der Waals surface area contributed by atoms with E-state index < -0.39 is 11.6 Å². The molecule has 0 spiro atoms. The third-order valence-corrected chi connectivity index (χ3v) is 6.37. The van der Waals surface area contributed by atoms with E-state index in [0.29, 0.717) is 31.5 Å². The van der Waals surface area contributed by atoms with Crippen molar-refractivity contribution in [2.75, 3.05) is 20.1 Å². The maximum absolute atomic E-state index is 14.3. The van der Waals surface area contributed by atoms with Gasteiger partial charge >= 0.3 is 0 Å². The van der Waals surface area contributed by atoms with E-state index in [1.807, 2.05) is 25.7 Å². The van der Waals surface area contributed by atoms with E-state index in [-0.39, 0.29) is 29.7 Å². The summed E-state index contributed by atoms with van der Waals surface area (Å²) < 4.78 is 27.5. The van der Waals surface area contributed by atoms with Gasteiger partial charge < -0.3 is 9.80 Å². The molecular weight excluding hydrogens is 374 g/mol. The van der Waals surface area contributed by atoms with Crippen LogP contribution in [0, 0.1) is 23.5 Å². The summed E-state index contributed by atoms with van der Waals surface area (Å²) in [5, 5.41) is 0. The minimum absolute atomic E-state index is 0.00746. The zero-order chi connectivity index (χ0) is 21.6. The topological polar surface area (TPSA) is 40.6 Å². The molecule has 1 saturated heterocycles. The average Bonchev–Trinajstić information content (AvgIpc) is 2.73. The molecule has 1 aromatic rings. The molecule has 6 heteroatoms. The zero-order valence-electron chi connectivity index (χ0n) is 18.1. The molecule has 1 aromatic carbocycles. The first-order valence-electron chi connectivity index (χ1n) is 10.8. The Morgan fingerprint density at radius 3 is 2.28 bits per heavy atom. The number of piperidine rings is 1. The van der Waals surface area contributed by atoms with Crippen LogP contribution >= 0.6 is 0 Å². The van der Waals surface area contributed by atoms with E-state index >= 15 is 0 Å². The first kappa shape index (κ1) is 23.3. The van der Waals surface area contributed by atoms with Crippen molar-refractivity contribution in [2.45, 2.75) is 65.3 Å². The highest BCUT2D eigenvalue weighted by Crippen LogP contribution is 2.29. The van der Waals surface area contributed by atoms with E-state index in [0.717, 1.165) is 31.7 Å². The van der Waals surface area contributed by atoms with Gasteiger partial charge in [0.15, 0.2) is 0 Å². The highest BCUT2D eigenvalue weighted by atomic mass is 19.1. The Morgan fingerprint density at radius 1 is 1.14 bits per heavy atom. The van der Waals surface area contributed by atoms with Gasteiger partial charge in [-0.15, -0.1) is 0 Å². The number of likely N-dealkylation sites (N-methyl/N-ethyl adjacent to an activating group) is 1. The van der Waals surface area contributed by atoms with E-state index in [9.17, 15) is 18.4 Å². The Hall–Kier alpha value is -1.98. The van der Waals surface area contributed by atoms with Gasteiger partial charge in [0.1, 0.15) is 11.6 Å². The summed E-state index contributed by atoms with van der Waals surface area (Å²) in [5.41, 5.74) is 0.419. The molecular formula is C23H34F2N2O2. The maximum Gasteiger partial charge on any atom is 0.225 e. The van der Waals surface area contributed by atoms with Crippen LogP contribution in [0.3, 0.4) is 0 Å². The molecule has 1 aliphatic heterocycles. The Bertz CT molecular complexity index is 698. The summed E-state index contributed by atoms with van der Waals surface area (Å²) >= 11 is 0. The van der Waals surface area contributed by atoms with Crippen LogP contribution in [0.15, 0.2) is 18.2 Å². The van der Waals surface area contributed by atoms with Crippen LogP contribution in [0.4, 0.5) is 8.78 Å². The highest BCUT2D eigenvalue weighted by Gasteiger charge is 2.33. The van der Waals surface area contributed by atoms with Gasteiger partial charge in [-0.1, -0.05) is 26.8 Å². The number of benzene rings is 1.